The highest BCUT2D eigenvalue weighted by molar-refractivity contribution is 5.76. The average molecular weight is 242 g/mol. The highest BCUT2D eigenvalue weighted by Crippen LogP contribution is 2.19. The number of aliphatic hydroxyl groups is 1. The fraction of sp³-hybridized carbons (Fsp3) is 0.923. The summed E-state index contributed by atoms with van der Waals surface area (Å²) in [5.74, 6) is 0.176. The molecule has 0 aromatic rings. The number of aliphatic hydroxyl groups excluding tert-OH is 1. The van der Waals surface area contributed by atoms with Crippen LogP contribution in [0.2, 0.25) is 0 Å². The molecule has 0 aliphatic heterocycles. The lowest BCUT2D eigenvalue weighted by Crippen LogP contribution is -2.35. The second-order valence-corrected chi connectivity index (χ2v) is 5.44. The van der Waals surface area contributed by atoms with E-state index in [1.54, 1.807) is 0 Å². The van der Waals surface area contributed by atoms with E-state index in [9.17, 15) is 9.90 Å². The Bertz CT molecular complexity index is 236. The van der Waals surface area contributed by atoms with Gasteiger partial charge in [-0.15, -0.1) is 0 Å². The predicted octanol–water partition coefficient (Wildman–Crippen LogP) is 1.04. The van der Waals surface area contributed by atoms with Crippen molar-refractivity contribution >= 4 is 5.91 Å². The van der Waals surface area contributed by atoms with Gasteiger partial charge in [0.25, 0.3) is 0 Å². The van der Waals surface area contributed by atoms with E-state index in [0.29, 0.717) is 12.5 Å². The summed E-state index contributed by atoms with van der Waals surface area (Å²) in [5, 5.41) is 15.5. The van der Waals surface area contributed by atoms with E-state index in [-0.39, 0.29) is 17.9 Å². The Morgan fingerprint density at radius 3 is 2.71 bits per heavy atom. The first-order valence-electron chi connectivity index (χ1n) is 6.70. The second kappa shape index (κ2) is 6.97. The lowest BCUT2D eigenvalue weighted by Gasteiger charge is -2.25. The fourth-order valence-corrected chi connectivity index (χ4v) is 1.58. The lowest BCUT2D eigenvalue weighted by atomic mass is 9.89. The maximum absolute atomic E-state index is 11.4. The number of hydrogen-bond donors (Lipinski definition) is 3. The van der Waals surface area contributed by atoms with Crippen LogP contribution in [0.15, 0.2) is 0 Å². The number of amides is 1. The first-order chi connectivity index (χ1) is 8.09. The predicted molar refractivity (Wildman–Crippen MR) is 68.8 cm³/mol. The Labute approximate surface area is 104 Å². The highest BCUT2D eigenvalue weighted by Gasteiger charge is 2.23. The topological polar surface area (TPSA) is 61.4 Å². The van der Waals surface area contributed by atoms with Gasteiger partial charge in [0.05, 0.1) is 0 Å². The minimum absolute atomic E-state index is 0.0315. The number of carbonyl (C=O) groups is 1. The van der Waals surface area contributed by atoms with Gasteiger partial charge < -0.3 is 15.7 Å². The van der Waals surface area contributed by atoms with Gasteiger partial charge in [-0.1, -0.05) is 13.8 Å². The van der Waals surface area contributed by atoms with Gasteiger partial charge in [0.2, 0.25) is 5.91 Å². The molecule has 3 N–H and O–H groups in total. The summed E-state index contributed by atoms with van der Waals surface area (Å²) in [4.78, 5) is 11.4. The third kappa shape index (κ3) is 6.03. The van der Waals surface area contributed by atoms with E-state index in [2.05, 4.69) is 24.5 Å². The van der Waals surface area contributed by atoms with Crippen molar-refractivity contribution in [2.75, 3.05) is 19.7 Å². The van der Waals surface area contributed by atoms with Crippen LogP contribution < -0.4 is 10.6 Å². The van der Waals surface area contributed by atoms with Gasteiger partial charge in [0.1, 0.15) is 0 Å². The van der Waals surface area contributed by atoms with Gasteiger partial charge in [-0.2, -0.15) is 0 Å². The summed E-state index contributed by atoms with van der Waals surface area (Å²) in [6, 6.07) is 0.466. The largest absolute Gasteiger partial charge is 0.396 e. The molecule has 1 rings (SSSR count). The molecule has 100 valence electrons. The summed E-state index contributed by atoms with van der Waals surface area (Å²) >= 11 is 0. The van der Waals surface area contributed by atoms with Crippen molar-refractivity contribution in [3.63, 3.8) is 0 Å². The van der Waals surface area contributed by atoms with Crippen LogP contribution in [-0.4, -0.2) is 36.8 Å². The zero-order valence-electron chi connectivity index (χ0n) is 11.1. The van der Waals surface area contributed by atoms with Gasteiger partial charge in [0.15, 0.2) is 0 Å². The quantitative estimate of drug-likeness (QED) is 0.530. The minimum Gasteiger partial charge on any atom is -0.396 e. The van der Waals surface area contributed by atoms with E-state index in [0.717, 1.165) is 38.8 Å². The maximum atomic E-state index is 11.4. The molecule has 4 nitrogen and oxygen atoms in total. The average Bonchev–Trinajstić information content (AvgIpc) is 3.12. The lowest BCUT2D eigenvalue weighted by molar-refractivity contribution is -0.121. The molecule has 1 unspecified atom stereocenters. The molecule has 0 aromatic carbocycles. The molecule has 17 heavy (non-hydrogen) atoms. The van der Waals surface area contributed by atoms with Crippen molar-refractivity contribution in [2.24, 2.45) is 5.41 Å². The number of rotatable bonds is 9. The van der Waals surface area contributed by atoms with Gasteiger partial charge in [0, 0.05) is 31.0 Å². The summed E-state index contributed by atoms with van der Waals surface area (Å²) in [7, 11) is 0. The Hall–Kier alpha value is -0.610. The molecule has 0 radical (unpaired) electrons. The van der Waals surface area contributed by atoms with Crippen LogP contribution in [0.1, 0.15) is 46.0 Å². The first-order valence-corrected chi connectivity index (χ1v) is 6.70. The molecule has 0 heterocycles. The molecule has 0 aromatic heterocycles. The summed E-state index contributed by atoms with van der Waals surface area (Å²) in [5.41, 5.74) is -0.0315. The van der Waals surface area contributed by atoms with E-state index in [1.165, 1.54) is 0 Å². The summed E-state index contributed by atoms with van der Waals surface area (Å²) in [6.45, 7) is 6.01. The third-order valence-electron chi connectivity index (χ3n) is 3.49. The third-order valence-corrected chi connectivity index (χ3v) is 3.49. The Balaban J connectivity index is 1.97. The van der Waals surface area contributed by atoms with Crippen LogP contribution in [0.3, 0.4) is 0 Å². The molecule has 1 aliphatic rings. The minimum atomic E-state index is -0.0315. The van der Waals surface area contributed by atoms with Crippen molar-refractivity contribution in [1.29, 1.82) is 0 Å². The smallest absolute Gasteiger partial charge is 0.220 e. The Morgan fingerprint density at radius 1 is 1.47 bits per heavy atom. The molecule has 1 amide bonds. The zero-order chi connectivity index (χ0) is 12.7. The van der Waals surface area contributed by atoms with E-state index in [4.69, 9.17) is 0 Å². The van der Waals surface area contributed by atoms with Crippen LogP contribution in [0.25, 0.3) is 0 Å². The maximum Gasteiger partial charge on any atom is 0.220 e. The molecule has 4 heteroatoms. The second-order valence-electron chi connectivity index (χ2n) is 5.44. The number of hydrogen-bond acceptors (Lipinski definition) is 3. The Kier molecular flexibility index (Phi) is 5.92. The number of carbonyl (C=O) groups excluding carboxylic acids is 1. The molecule has 1 aliphatic carbocycles. The van der Waals surface area contributed by atoms with Crippen LogP contribution in [-0.2, 0) is 4.79 Å². The highest BCUT2D eigenvalue weighted by atomic mass is 16.3. The van der Waals surface area contributed by atoms with Gasteiger partial charge in [-0.05, 0) is 32.2 Å². The monoisotopic (exact) mass is 242 g/mol. The van der Waals surface area contributed by atoms with E-state index in [1.807, 2.05) is 0 Å². The SMILES string of the molecule is CCC(C)(CO)CNCCCC(=O)NC1CC1. The molecule has 1 saturated carbocycles. The molecular formula is C13H26N2O2. The fourth-order valence-electron chi connectivity index (χ4n) is 1.58. The van der Waals surface area contributed by atoms with Crippen molar-refractivity contribution < 1.29 is 9.90 Å². The molecule has 0 spiro atoms. The van der Waals surface area contributed by atoms with Crippen molar-refractivity contribution in [2.45, 2.75) is 52.0 Å². The molecule has 1 fully saturated rings. The van der Waals surface area contributed by atoms with Crippen LogP contribution in [0, 0.1) is 5.41 Å². The zero-order valence-corrected chi connectivity index (χ0v) is 11.1. The van der Waals surface area contributed by atoms with Crippen LogP contribution in [0.4, 0.5) is 0 Å². The van der Waals surface area contributed by atoms with Crippen molar-refractivity contribution in [3.8, 4) is 0 Å². The standard InChI is InChI=1S/C13H26N2O2/c1-3-13(2,10-16)9-14-8-4-5-12(17)15-11-6-7-11/h11,14,16H,3-10H2,1-2H3,(H,15,17). The van der Waals surface area contributed by atoms with Crippen LogP contribution >= 0.6 is 0 Å². The summed E-state index contributed by atoms with van der Waals surface area (Å²) in [6.07, 6.45) is 4.72. The van der Waals surface area contributed by atoms with Crippen molar-refractivity contribution in [3.05, 3.63) is 0 Å². The first kappa shape index (κ1) is 14.5. The van der Waals surface area contributed by atoms with E-state index < -0.39 is 0 Å². The Morgan fingerprint density at radius 2 is 2.18 bits per heavy atom. The van der Waals surface area contributed by atoms with Crippen LogP contribution in [0.5, 0.6) is 0 Å². The normalized spacial score (nSPS) is 18.8. The number of nitrogens with one attached hydrogen (secondary N) is 2. The van der Waals surface area contributed by atoms with Crippen molar-refractivity contribution in [1.82, 2.24) is 10.6 Å². The molecule has 1 atom stereocenters. The van der Waals surface area contributed by atoms with Gasteiger partial charge >= 0.3 is 0 Å². The molecular weight excluding hydrogens is 216 g/mol. The van der Waals surface area contributed by atoms with Gasteiger partial charge in [-0.3, -0.25) is 4.79 Å². The molecule has 0 bridgehead atoms. The van der Waals surface area contributed by atoms with E-state index >= 15 is 0 Å². The summed E-state index contributed by atoms with van der Waals surface area (Å²) < 4.78 is 0. The molecule has 0 saturated heterocycles. The van der Waals surface area contributed by atoms with Gasteiger partial charge in [-0.25, -0.2) is 0 Å².